The van der Waals surface area contributed by atoms with Gasteiger partial charge in [0.1, 0.15) is 0 Å². The standard InChI is InChI=1S/C13H17NO4S/c1-4-17-11(15)13(3,12(16)18-5-2)19-10-8-6-7-9-14-10/h6-9H,4-5H2,1-3H3. The molecule has 0 saturated carbocycles. The van der Waals surface area contributed by atoms with Crippen molar-refractivity contribution in [1.82, 2.24) is 4.98 Å². The van der Waals surface area contributed by atoms with Gasteiger partial charge < -0.3 is 9.47 Å². The molecule has 1 aromatic rings. The van der Waals surface area contributed by atoms with Gasteiger partial charge in [-0.25, -0.2) is 14.6 Å². The molecule has 6 heteroatoms. The normalized spacial score (nSPS) is 10.9. The molecule has 0 amide bonds. The minimum atomic E-state index is -1.44. The van der Waals surface area contributed by atoms with Gasteiger partial charge >= 0.3 is 11.9 Å². The number of thioether (sulfide) groups is 1. The molecule has 0 saturated heterocycles. The van der Waals surface area contributed by atoms with Crippen molar-refractivity contribution in [1.29, 1.82) is 0 Å². The summed E-state index contributed by atoms with van der Waals surface area (Å²) in [6.07, 6.45) is 1.60. The summed E-state index contributed by atoms with van der Waals surface area (Å²) >= 11 is 1.03. The zero-order valence-corrected chi connectivity index (χ0v) is 12.0. The zero-order valence-electron chi connectivity index (χ0n) is 11.2. The largest absolute Gasteiger partial charge is 0.465 e. The lowest BCUT2D eigenvalue weighted by Gasteiger charge is -2.23. The highest BCUT2D eigenvalue weighted by atomic mass is 32.2. The summed E-state index contributed by atoms with van der Waals surface area (Å²) in [5.41, 5.74) is 0. The molecule has 0 aliphatic carbocycles. The zero-order chi connectivity index (χ0) is 14.3. The Morgan fingerprint density at radius 2 is 1.79 bits per heavy atom. The molecule has 1 rings (SSSR count). The molecular formula is C13H17NO4S. The van der Waals surface area contributed by atoms with Gasteiger partial charge in [0, 0.05) is 6.20 Å². The topological polar surface area (TPSA) is 65.5 Å². The molecule has 0 spiro atoms. The van der Waals surface area contributed by atoms with Crippen molar-refractivity contribution in [2.75, 3.05) is 13.2 Å². The molecule has 0 unspecified atom stereocenters. The lowest BCUT2D eigenvalue weighted by Crippen LogP contribution is -2.43. The maximum Gasteiger partial charge on any atom is 0.333 e. The third-order valence-corrected chi connectivity index (χ3v) is 3.47. The molecule has 0 aliphatic rings. The van der Waals surface area contributed by atoms with Crippen molar-refractivity contribution in [3.05, 3.63) is 24.4 Å². The average Bonchev–Trinajstić information content (AvgIpc) is 2.40. The Kier molecular flexibility index (Phi) is 5.82. The van der Waals surface area contributed by atoms with Crippen LogP contribution in [0.1, 0.15) is 20.8 Å². The lowest BCUT2D eigenvalue weighted by atomic mass is 10.2. The van der Waals surface area contributed by atoms with Crippen molar-refractivity contribution >= 4 is 23.7 Å². The SMILES string of the molecule is CCOC(=O)C(C)(Sc1ccccn1)C(=O)OCC. The Hall–Kier alpha value is -1.56. The smallest absolute Gasteiger partial charge is 0.333 e. The second-order valence-corrected chi connectivity index (χ2v) is 5.18. The van der Waals surface area contributed by atoms with Gasteiger partial charge in [0.05, 0.1) is 18.2 Å². The van der Waals surface area contributed by atoms with Crippen LogP contribution in [0.2, 0.25) is 0 Å². The minimum Gasteiger partial charge on any atom is -0.465 e. The molecule has 0 atom stereocenters. The van der Waals surface area contributed by atoms with Gasteiger partial charge in [-0.05, 0) is 32.9 Å². The Morgan fingerprint density at radius 1 is 1.21 bits per heavy atom. The predicted octanol–water partition coefficient (Wildman–Crippen LogP) is 2.06. The monoisotopic (exact) mass is 283 g/mol. The summed E-state index contributed by atoms with van der Waals surface area (Å²) in [5.74, 6) is -1.24. The molecular weight excluding hydrogens is 266 g/mol. The second kappa shape index (κ2) is 7.13. The van der Waals surface area contributed by atoms with Crippen molar-refractivity contribution < 1.29 is 19.1 Å². The minimum absolute atomic E-state index is 0.205. The Balaban J connectivity index is 2.98. The summed E-state index contributed by atoms with van der Waals surface area (Å²) in [7, 11) is 0. The van der Waals surface area contributed by atoms with Crippen LogP contribution in [-0.2, 0) is 19.1 Å². The maximum atomic E-state index is 12.0. The van der Waals surface area contributed by atoms with Crippen LogP contribution in [-0.4, -0.2) is 34.9 Å². The Bertz CT molecular complexity index is 418. The van der Waals surface area contributed by atoms with Crippen molar-refractivity contribution in [3.63, 3.8) is 0 Å². The molecule has 5 nitrogen and oxygen atoms in total. The van der Waals surface area contributed by atoms with Gasteiger partial charge in [0.25, 0.3) is 0 Å². The fourth-order valence-electron chi connectivity index (χ4n) is 1.32. The number of pyridine rings is 1. The van der Waals surface area contributed by atoms with Crippen LogP contribution in [0.3, 0.4) is 0 Å². The number of hydrogen-bond acceptors (Lipinski definition) is 6. The summed E-state index contributed by atoms with van der Waals surface area (Å²) in [5, 5.41) is 0.561. The summed E-state index contributed by atoms with van der Waals surface area (Å²) < 4.78 is 8.47. The van der Waals surface area contributed by atoms with Gasteiger partial charge in [-0.1, -0.05) is 17.8 Å². The lowest BCUT2D eigenvalue weighted by molar-refractivity contribution is -0.157. The van der Waals surface area contributed by atoms with E-state index in [2.05, 4.69) is 4.98 Å². The van der Waals surface area contributed by atoms with E-state index in [0.29, 0.717) is 5.03 Å². The first-order chi connectivity index (χ1) is 9.04. The van der Waals surface area contributed by atoms with E-state index in [-0.39, 0.29) is 13.2 Å². The molecule has 104 valence electrons. The van der Waals surface area contributed by atoms with E-state index < -0.39 is 16.7 Å². The molecule has 0 aromatic carbocycles. The first-order valence-corrected chi connectivity index (χ1v) is 6.80. The van der Waals surface area contributed by atoms with Crippen LogP contribution in [0.25, 0.3) is 0 Å². The van der Waals surface area contributed by atoms with Gasteiger partial charge in [-0.3, -0.25) is 0 Å². The van der Waals surface area contributed by atoms with E-state index in [4.69, 9.17) is 9.47 Å². The highest BCUT2D eigenvalue weighted by Gasteiger charge is 2.46. The molecule has 0 aliphatic heterocycles. The van der Waals surface area contributed by atoms with Crippen LogP contribution >= 0.6 is 11.8 Å². The molecule has 0 N–H and O–H groups in total. The third kappa shape index (κ3) is 3.96. The Labute approximate surface area is 116 Å². The fraction of sp³-hybridized carbons (Fsp3) is 0.462. The Morgan fingerprint density at radius 3 is 2.21 bits per heavy atom. The average molecular weight is 283 g/mol. The molecule has 1 aromatic heterocycles. The molecule has 1 heterocycles. The predicted molar refractivity (Wildman–Crippen MR) is 71.8 cm³/mol. The second-order valence-electron chi connectivity index (χ2n) is 3.74. The number of rotatable bonds is 6. The van der Waals surface area contributed by atoms with E-state index in [9.17, 15) is 9.59 Å². The number of nitrogens with zero attached hydrogens (tertiary/aromatic N) is 1. The van der Waals surface area contributed by atoms with Crippen LogP contribution < -0.4 is 0 Å². The molecule has 0 bridgehead atoms. The van der Waals surface area contributed by atoms with Gasteiger partial charge in [0.2, 0.25) is 4.75 Å². The van der Waals surface area contributed by atoms with E-state index in [0.717, 1.165) is 11.8 Å². The number of carbonyl (C=O) groups excluding carboxylic acids is 2. The first-order valence-electron chi connectivity index (χ1n) is 5.99. The van der Waals surface area contributed by atoms with Crippen LogP contribution in [0.15, 0.2) is 29.4 Å². The van der Waals surface area contributed by atoms with Crippen LogP contribution in [0, 0.1) is 0 Å². The van der Waals surface area contributed by atoms with E-state index >= 15 is 0 Å². The van der Waals surface area contributed by atoms with Crippen molar-refractivity contribution in [2.24, 2.45) is 0 Å². The number of ether oxygens (including phenoxy) is 2. The van der Waals surface area contributed by atoms with Gasteiger partial charge in [0.15, 0.2) is 0 Å². The summed E-state index contributed by atoms with van der Waals surface area (Å²) in [6, 6.07) is 5.27. The third-order valence-electron chi connectivity index (χ3n) is 2.28. The molecule has 0 fully saturated rings. The van der Waals surface area contributed by atoms with E-state index in [1.54, 1.807) is 38.2 Å². The number of esters is 2. The molecule has 19 heavy (non-hydrogen) atoms. The van der Waals surface area contributed by atoms with Crippen LogP contribution in [0.4, 0.5) is 0 Å². The van der Waals surface area contributed by atoms with E-state index in [1.807, 2.05) is 0 Å². The van der Waals surface area contributed by atoms with Gasteiger partial charge in [-0.2, -0.15) is 0 Å². The maximum absolute atomic E-state index is 12.0. The highest BCUT2D eigenvalue weighted by molar-refractivity contribution is 8.02. The van der Waals surface area contributed by atoms with Gasteiger partial charge in [-0.15, -0.1) is 0 Å². The van der Waals surface area contributed by atoms with Crippen LogP contribution in [0.5, 0.6) is 0 Å². The number of carbonyl (C=O) groups is 2. The first kappa shape index (κ1) is 15.5. The summed E-state index contributed by atoms with van der Waals surface area (Å²) in [6.45, 7) is 5.28. The number of aromatic nitrogens is 1. The number of hydrogen-bond donors (Lipinski definition) is 0. The summed E-state index contributed by atoms with van der Waals surface area (Å²) in [4.78, 5) is 28.1. The van der Waals surface area contributed by atoms with E-state index in [1.165, 1.54) is 6.92 Å². The van der Waals surface area contributed by atoms with Crippen molar-refractivity contribution in [2.45, 2.75) is 30.5 Å². The quantitative estimate of drug-likeness (QED) is 0.452. The fourth-order valence-corrected chi connectivity index (χ4v) is 2.28. The van der Waals surface area contributed by atoms with Crippen molar-refractivity contribution in [3.8, 4) is 0 Å². The molecule has 0 radical (unpaired) electrons. The highest BCUT2D eigenvalue weighted by Crippen LogP contribution is 2.33.